The first kappa shape index (κ1) is 14.3. The Morgan fingerprint density at radius 3 is 2.57 bits per heavy atom. The van der Waals surface area contributed by atoms with Crippen LogP contribution in [0.2, 0.25) is 0 Å². The third-order valence-electron chi connectivity index (χ3n) is 2.76. The topological polar surface area (TPSA) is 117 Å². The summed E-state index contributed by atoms with van der Waals surface area (Å²) in [5, 5.41) is 0. The standard InChI is InChI=1S/C13H9N3O5/c1-2-21-13(20)9(15-14)11(18)16-8-6-4-3-5-7(8)10(17)12(16)19/h3-6H,2H2,1H3. The van der Waals surface area contributed by atoms with Crippen LogP contribution in [0, 0.1) is 0 Å². The van der Waals surface area contributed by atoms with E-state index >= 15 is 0 Å². The first-order valence-corrected chi connectivity index (χ1v) is 5.94. The molecule has 0 N–H and O–H groups in total. The summed E-state index contributed by atoms with van der Waals surface area (Å²) in [6, 6.07) is 5.80. The number of hydrogen-bond acceptors (Lipinski definition) is 5. The lowest BCUT2D eigenvalue weighted by Crippen LogP contribution is -2.44. The molecule has 0 saturated heterocycles. The predicted octanol–water partition coefficient (Wildman–Crippen LogP) is -0.0236. The SMILES string of the molecule is CCOC(=O)C(=[N+]=[N-])C(=O)N1C(=O)C(=O)c2ccccc21. The molecule has 0 unspecified atom stereocenters. The van der Waals surface area contributed by atoms with E-state index in [2.05, 4.69) is 9.53 Å². The number of carbonyl (C=O) groups is 4. The van der Waals surface area contributed by atoms with Gasteiger partial charge in [0.15, 0.2) is 0 Å². The number of rotatable bonds is 3. The molecule has 0 radical (unpaired) electrons. The molecule has 8 heteroatoms. The highest BCUT2D eigenvalue weighted by molar-refractivity contribution is 6.70. The highest BCUT2D eigenvalue weighted by Gasteiger charge is 2.46. The summed E-state index contributed by atoms with van der Waals surface area (Å²) in [7, 11) is 0. The molecule has 0 saturated carbocycles. The molecule has 0 atom stereocenters. The number of anilines is 1. The molecule has 2 rings (SSSR count). The number of esters is 1. The van der Waals surface area contributed by atoms with Crippen LogP contribution < -0.4 is 4.90 Å². The number of Topliss-reactive ketones (excluding diaryl/α,β-unsaturated/α-hetero) is 1. The third-order valence-corrected chi connectivity index (χ3v) is 2.76. The van der Waals surface area contributed by atoms with Gasteiger partial charge in [0.05, 0.1) is 17.9 Å². The van der Waals surface area contributed by atoms with Crippen LogP contribution >= 0.6 is 0 Å². The van der Waals surface area contributed by atoms with Crippen LogP contribution in [0.1, 0.15) is 17.3 Å². The summed E-state index contributed by atoms with van der Waals surface area (Å²) in [5.74, 6) is -4.40. The minimum Gasteiger partial charge on any atom is -0.457 e. The molecule has 0 spiro atoms. The number of ketones is 1. The molecular weight excluding hydrogens is 278 g/mol. The van der Waals surface area contributed by atoms with Gasteiger partial charge in [-0.2, -0.15) is 4.79 Å². The quantitative estimate of drug-likeness (QED) is 0.193. The van der Waals surface area contributed by atoms with Gasteiger partial charge in [-0.1, -0.05) is 12.1 Å². The molecule has 1 aliphatic rings. The van der Waals surface area contributed by atoms with Gasteiger partial charge in [-0.15, -0.1) is 0 Å². The van der Waals surface area contributed by atoms with Gasteiger partial charge >= 0.3 is 23.5 Å². The van der Waals surface area contributed by atoms with E-state index in [1.807, 2.05) is 0 Å². The van der Waals surface area contributed by atoms with Crippen molar-refractivity contribution in [1.29, 1.82) is 0 Å². The van der Waals surface area contributed by atoms with Gasteiger partial charge in [0.2, 0.25) is 0 Å². The van der Waals surface area contributed by atoms with E-state index in [1.54, 1.807) is 0 Å². The van der Waals surface area contributed by atoms with E-state index in [9.17, 15) is 19.2 Å². The number of ether oxygens (including phenoxy) is 1. The Kier molecular flexibility index (Phi) is 3.73. The van der Waals surface area contributed by atoms with E-state index in [1.165, 1.54) is 31.2 Å². The van der Waals surface area contributed by atoms with E-state index in [0.29, 0.717) is 4.90 Å². The first-order valence-electron chi connectivity index (χ1n) is 5.94. The van der Waals surface area contributed by atoms with Crippen molar-refractivity contribution in [2.75, 3.05) is 11.5 Å². The zero-order valence-corrected chi connectivity index (χ0v) is 10.9. The molecule has 0 aromatic heterocycles. The Hall–Kier alpha value is -3.12. The number of hydrogen-bond donors (Lipinski definition) is 0. The molecule has 21 heavy (non-hydrogen) atoms. The molecule has 0 fully saturated rings. The van der Waals surface area contributed by atoms with Crippen LogP contribution in [0.4, 0.5) is 5.69 Å². The minimum atomic E-state index is -1.22. The van der Waals surface area contributed by atoms with E-state index in [4.69, 9.17) is 5.53 Å². The molecular formula is C13H9N3O5. The first-order chi connectivity index (χ1) is 10.0. The average Bonchev–Trinajstić information content (AvgIpc) is 2.72. The maximum absolute atomic E-state index is 12.2. The fraction of sp³-hybridized carbons (Fsp3) is 0.154. The summed E-state index contributed by atoms with van der Waals surface area (Å²) in [6.07, 6.45) is 0. The second-order valence-corrected chi connectivity index (χ2v) is 3.96. The van der Waals surface area contributed by atoms with Gasteiger partial charge in [0.25, 0.3) is 5.78 Å². The van der Waals surface area contributed by atoms with Crippen molar-refractivity contribution < 1.29 is 28.7 Å². The smallest absolute Gasteiger partial charge is 0.457 e. The third kappa shape index (κ3) is 2.24. The zero-order chi connectivity index (χ0) is 15.6. The number of benzene rings is 1. The zero-order valence-electron chi connectivity index (χ0n) is 10.9. The lowest BCUT2D eigenvalue weighted by molar-refractivity contribution is -0.141. The lowest BCUT2D eigenvalue weighted by Gasteiger charge is -2.10. The van der Waals surface area contributed by atoms with E-state index < -0.39 is 29.3 Å². The molecule has 8 nitrogen and oxygen atoms in total. The minimum absolute atomic E-state index is 0.0305. The van der Waals surface area contributed by atoms with Crippen molar-refractivity contribution in [3.63, 3.8) is 0 Å². The number of imide groups is 1. The average molecular weight is 287 g/mol. The molecule has 1 aromatic carbocycles. The molecule has 0 aliphatic carbocycles. The largest absolute Gasteiger partial charge is 0.463 e. The van der Waals surface area contributed by atoms with Crippen LogP contribution in [0.15, 0.2) is 24.3 Å². The van der Waals surface area contributed by atoms with Gasteiger partial charge in [-0.3, -0.25) is 14.4 Å². The maximum Gasteiger partial charge on any atom is 0.463 e. The van der Waals surface area contributed by atoms with Crippen molar-refractivity contribution >= 4 is 35.0 Å². The van der Waals surface area contributed by atoms with Gasteiger partial charge in [-0.05, 0) is 19.1 Å². The number of fused-ring (bicyclic) bond motifs is 1. The Morgan fingerprint density at radius 2 is 1.95 bits per heavy atom. The maximum atomic E-state index is 12.2. The normalized spacial score (nSPS) is 12.7. The second-order valence-electron chi connectivity index (χ2n) is 3.96. The van der Waals surface area contributed by atoms with Crippen LogP contribution in [0.25, 0.3) is 5.53 Å². The van der Waals surface area contributed by atoms with Crippen molar-refractivity contribution in [2.24, 2.45) is 0 Å². The summed E-state index contributed by atoms with van der Waals surface area (Å²) >= 11 is 0. The Balaban J connectivity index is 2.45. The Bertz CT molecular complexity index is 718. The van der Waals surface area contributed by atoms with Crippen LogP contribution in [0.3, 0.4) is 0 Å². The fourth-order valence-electron chi connectivity index (χ4n) is 1.86. The summed E-state index contributed by atoms with van der Waals surface area (Å²) in [6.45, 7) is 1.45. The van der Waals surface area contributed by atoms with Crippen molar-refractivity contribution in [2.45, 2.75) is 6.92 Å². The Labute approximate surface area is 118 Å². The summed E-state index contributed by atoms with van der Waals surface area (Å²) < 4.78 is 4.55. The van der Waals surface area contributed by atoms with Crippen molar-refractivity contribution in [1.82, 2.24) is 0 Å². The van der Waals surface area contributed by atoms with Gasteiger partial charge in [-0.25, -0.2) is 9.69 Å². The highest BCUT2D eigenvalue weighted by Crippen LogP contribution is 2.28. The van der Waals surface area contributed by atoms with E-state index in [-0.39, 0.29) is 17.9 Å². The van der Waals surface area contributed by atoms with Crippen molar-refractivity contribution in [3.05, 3.63) is 35.4 Å². The number of carbonyl (C=O) groups excluding carboxylic acids is 4. The lowest BCUT2D eigenvalue weighted by atomic mass is 10.1. The number of amides is 2. The molecule has 1 aliphatic heterocycles. The molecule has 1 heterocycles. The fourth-order valence-corrected chi connectivity index (χ4v) is 1.86. The van der Waals surface area contributed by atoms with Crippen LogP contribution in [-0.2, 0) is 19.1 Å². The second kappa shape index (κ2) is 5.48. The Morgan fingerprint density at radius 1 is 1.29 bits per heavy atom. The van der Waals surface area contributed by atoms with Crippen molar-refractivity contribution in [3.8, 4) is 0 Å². The van der Waals surface area contributed by atoms with Gasteiger partial charge < -0.3 is 10.3 Å². The molecule has 2 amide bonds. The monoisotopic (exact) mass is 287 g/mol. The predicted molar refractivity (Wildman–Crippen MR) is 68.5 cm³/mol. The van der Waals surface area contributed by atoms with Gasteiger partial charge in [0.1, 0.15) is 0 Å². The number of nitrogens with zero attached hydrogens (tertiary/aromatic N) is 3. The molecule has 106 valence electrons. The van der Waals surface area contributed by atoms with Gasteiger partial charge in [0, 0.05) is 0 Å². The summed E-state index contributed by atoms with van der Waals surface area (Å²) in [5.41, 5.74) is 7.89. The van der Waals surface area contributed by atoms with Crippen LogP contribution in [-0.4, -0.2) is 40.7 Å². The molecule has 1 aromatic rings. The van der Waals surface area contributed by atoms with Crippen LogP contribution in [0.5, 0.6) is 0 Å². The highest BCUT2D eigenvalue weighted by atomic mass is 16.5. The van der Waals surface area contributed by atoms with E-state index in [0.717, 1.165) is 0 Å². The number of para-hydroxylation sites is 1. The molecule has 0 bridgehead atoms. The summed E-state index contributed by atoms with van der Waals surface area (Å²) in [4.78, 5) is 50.4.